The molecular weight excluding hydrogens is 596 g/mol. The Morgan fingerprint density at radius 3 is 2.13 bits per heavy atom. The van der Waals surface area contributed by atoms with Crippen LogP contribution >= 0.6 is 11.8 Å². The number of carbonyl (C=O) groups is 1. The van der Waals surface area contributed by atoms with Crippen LogP contribution in [-0.4, -0.2) is 67.4 Å². The average molecular weight is 631 g/mol. The molecule has 232 valence electrons. The van der Waals surface area contributed by atoms with E-state index in [1.807, 2.05) is 29.2 Å². The first kappa shape index (κ1) is 30.1. The first-order valence-electron chi connectivity index (χ1n) is 15.7. The number of rotatable bonds is 10. The molecule has 0 bridgehead atoms. The fourth-order valence-electron chi connectivity index (χ4n) is 6.34. The number of piperazine rings is 1. The summed E-state index contributed by atoms with van der Waals surface area (Å²) in [5.74, 6) is 0.667. The van der Waals surface area contributed by atoms with Crippen molar-refractivity contribution in [1.29, 1.82) is 0 Å². The zero-order chi connectivity index (χ0) is 31.3. The molecule has 2 aromatic heterocycles. The van der Waals surface area contributed by atoms with Gasteiger partial charge in [0.15, 0.2) is 5.65 Å². The minimum atomic E-state index is -0.255. The second kappa shape index (κ2) is 13.8. The summed E-state index contributed by atoms with van der Waals surface area (Å²) in [6, 6.07) is 36.0. The van der Waals surface area contributed by atoms with E-state index < -0.39 is 0 Å². The third-order valence-corrected chi connectivity index (χ3v) is 9.56. The van der Waals surface area contributed by atoms with E-state index in [2.05, 4.69) is 80.3 Å². The molecule has 6 aromatic rings. The van der Waals surface area contributed by atoms with Crippen molar-refractivity contribution in [3.63, 3.8) is 0 Å². The van der Waals surface area contributed by atoms with Crippen LogP contribution in [0.2, 0.25) is 0 Å². The van der Waals surface area contributed by atoms with Crippen molar-refractivity contribution in [3.05, 3.63) is 132 Å². The van der Waals surface area contributed by atoms with E-state index in [1.165, 1.54) is 35.0 Å². The minimum Gasteiger partial charge on any atom is -0.340 e. The Morgan fingerprint density at radius 2 is 1.43 bits per heavy atom. The van der Waals surface area contributed by atoms with Crippen molar-refractivity contribution < 1.29 is 9.18 Å². The lowest BCUT2D eigenvalue weighted by atomic mass is 9.96. The summed E-state index contributed by atoms with van der Waals surface area (Å²) in [6.45, 7) is 3.67. The smallest absolute Gasteiger partial charge is 0.222 e. The highest BCUT2D eigenvalue weighted by atomic mass is 32.2. The zero-order valence-electron chi connectivity index (χ0n) is 25.5. The van der Waals surface area contributed by atoms with Crippen molar-refractivity contribution in [3.8, 4) is 0 Å². The molecule has 1 aliphatic rings. The van der Waals surface area contributed by atoms with Gasteiger partial charge in [-0.2, -0.15) is 0 Å². The van der Waals surface area contributed by atoms with E-state index >= 15 is 0 Å². The van der Waals surface area contributed by atoms with E-state index in [0.29, 0.717) is 18.1 Å². The van der Waals surface area contributed by atoms with Gasteiger partial charge in [-0.1, -0.05) is 103 Å². The number of amides is 1. The third-order valence-electron chi connectivity index (χ3n) is 8.64. The lowest BCUT2D eigenvalue weighted by molar-refractivity contribution is -0.133. The largest absolute Gasteiger partial charge is 0.340 e. The van der Waals surface area contributed by atoms with Crippen LogP contribution in [0.15, 0.2) is 114 Å². The molecule has 9 heteroatoms. The second-order valence-electron chi connectivity index (χ2n) is 11.6. The van der Waals surface area contributed by atoms with Crippen molar-refractivity contribution in [2.75, 3.05) is 31.9 Å². The molecule has 0 unspecified atom stereocenters. The van der Waals surface area contributed by atoms with Crippen LogP contribution in [0, 0.1) is 5.82 Å². The molecule has 1 fully saturated rings. The fraction of sp³-hybridized carbons (Fsp3) is 0.243. The van der Waals surface area contributed by atoms with E-state index in [-0.39, 0.29) is 17.8 Å². The first-order valence-corrected chi connectivity index (χ1v) is 16.7. The number of nitrogens with zero attached hydrogens (tertiary/aromatic N) is 6. The quantitative estimate of drug-likeness (QED) is 0.120. The van der Waals surface area contributed by atoms with Gasteiger partial charge in [0.25, 0.3) is 0 Å². The second-order valence-corrected chi connectivity index (χ2v) is 12.7. The molecule has 1 amide bonds. The maximum atomic E-state index is 13.5. The highest BCUT2D eigenvalue weighted by Gasteiger charge is 2.28. The highest BCUT2D eigenvalue weighted by Crippen LogP contribution is 2.30. The summed E-state index contributed by atoms with van der Waals surface area (Å²) in [5.41, 5.74) is 6.04. The normalized spacial score (nSPS) is 14.0. The molecule has 7 rings (SSSR count). The maximum Gasteiger partial charge on any atom is 0.222 e. The molecule has 0 saturated carbocycles. The number of hydrogen-bond acceptors (Lipinski definition) is 6. The lowest BCUT2D eigenvalue weighted by Gasteiger charge is -2.40. The average Bonchev–Trinajstić information content (AvgIpc) is 3.41. The van der Waals surface area contributed by atoms with Gasteiger partial charge in [0.05, 0.1) is 11.6 Å². The number of fused-ring (bicyclic) bond motifs is 3. The van der Waals surface area contributed by atoms with Crippen LogP contribution in [0.1, 0.15) is 35.6 Å². The van der Waals surface area contributed by atoms with Crippen LogP contribution < -0.4 is 0 Å². The van der Waals surface area contributed by atoms with Gasteiger partial charge in [-0.25, -0.2) is 9.37 Å². The van der Waals surface area contributed by atoms with Crippen LogP contribution in [0.4, 0.5) is 4.39 Å². The number of benzene rings is 4. The molecule has 1 saturated heterocycles. The van der Waals surface area contributed by atoms with Gasteiger partial charge in [0.1, 0.15) is 11.3 Å². The maximum absolute atomic E-state index is 13.5. The summed E-state index contributed by atoms with van der Waals surface area (Å²) in [5, 5.41) is 10.5. The van der Waals surface area contributed by atoms with Gasteiger partial charge in [0, 0.05) is 50.3 Å². The van der Waals surface area contributed by atoms with Crippen molar-refractivity contribution in [2.45, 2.75) is 30.6 Å². The topological polar surface area (TPSA) is 67.2 Å². The summed E-state index contributed by atoms with van der Waals surface area (Å²) < 4.78 is 15.6. The number of thioether (sulfide) groups is 1. The van der Waals surface area contributed by atoms with Crippen LogP contribution in [0.5, 0.6) is 0 Å². The zero-order valence-corrected chi connectivity index (χ0v) is 26.3. The number of aromatic nitrogens is 4. The molecule has 7 nitrogen and oxygen atoms in total. The summed E-state index contributed by atoms with van der Waals surface area (Å²) in [6.07, 6.45) is 1.23. The molecule has 0 aliphatic carbocycles. The Bertz CT molecular complexity index is 1890. The number of para-hydroxylation sites is 1. The third kappa shape index (κ3) is 6.52. The van der Waals surface area contributed by atoms with E-state index in [1.54, 1.807) is 12.1 Å². The number of hydrogen-bond donors (Lipinski definition) is 0. The molecule has 0 N–H and O–H groups in total. The Balaban J connectivity index is 0.960. The Labute approximate surface area is 272 Å². The summed E-state index contributed by atoms with van der Waals surface area (Å²) in [7, 11) is 0. The van der Waals surface area contributed by atoms with E-state index in [9.17, 15) is 9.18 Å². The van der Waals surface area contributed by atoms with Crippen LogP contribution in [0.3, 0.4) is 0 Å². The molecule has 1 aliphatic heterocycles. The van der Waals surface area contributed by atoms with Crippen molar-refractivity contribution in [2.24, 2.45) is 0 Å². The molecule has 0 atom stereocenters. The molecule has 0 spiro atoms. The Hall–Kier alpha value is -4.60. The fourth-order valence-corrected chi connectivity index (χ4v) is 7.06. The van der Waals surface area contributed by atoms with E-state index in [4.69, 9.17) is 4.98 Å². The minimum absolute atomic E-state index is 0.177. The van der Waals surface area contributed by atoms with Crippen LogP contribution in [0.25, 0.3) is 22.1 Å². The van der Waals surface area contributed by atoms with Gasteiger partial charge in [0.2, 0.25) is 11.1 Å². The van der Waals surface area contributed by atoms with Gasteiger partial charge < -0.3 is 9.47 Å². The van der Waals surface area contributed by atoms with Gasteiger partial charge in [-0.3, -0.25) is 9.69 Å². The molecule has 0 radical (unpaired) electrons. The van der Waals surface area contributed by atoms with E-state index in [0.717, 1.165) is 66.0 Å². The SMILES string of the molecule is O=C(CCCSc1nnc2c3ccccc3n(Cc3ccc(F)cc3)c2n1)N1CCN(C(c2ccccc2)c2ccccc2)CC1. The van der Waals surface area contributed by atoms with Crippen LogP contribution in [-0.2, 0) is 11.3 Å². The summed E-state index contributed by atoms with van der Waals surface area (Å²) in [4.78, 5) is 22.5. The lowest BCUT2D eigenvalue weighted by Crippen LogP contribution is -2.49. The van der Waals surface area contributed by atoms with Crippen molar-refractivity contribution in [1.82, 2.24) is 29.5 Å². The predicted octanol–water partition coefficient (Wildman–Crippen LogP) is 6.97. The molecule has 46 heavy (non-hydrogen) atoms. The van der Waals surface area contributed by atoms with Crippen molar-refractivity contribution >= 4 is 39.7 Å². The van der Waals surface area contributed by atoms with Gasteiger partial charge >= 0.3 is 0 Å². The first-order chi connectivity index (χ1) is 22.6. The number of carbonyl (C=O) groups excluding carboxylic acids is 1. The monoisotopic (exact) mass is 630 g/mol. The van der Waals surface area contributed by atoms with Gasteiger partial charge in [-0.15, -0.1) is 10.2 Å². The molecule has 3 heterocycles. The van der Waals surface area contributed by atoms with Gasteiger partial charge in [-0.05, 0) is 41.3 Å². The standard InChI is InChI=1S/C37H35FN6OS/c38-30-19-17-27(18-20-30)26-44-32-15-8-7-14-31(32)34-36(44)39-37(41-40-34)46-25-9-16-33(45)42-21-23-43(24-22-42)35(28-10-3-1-4-11-28)29-12-5-2-6-13-29/h1-8,10-15,17-20,35H,9,16,21-26H2. The molecular formula is C37H35FN6OS. The Kier molecular flexibility index (Phi) is 9.03. The predicted molar refractivity (Wildman–Crippen MR) is 181 cm³/mol. The highest BCUT2D eigenvalue weighted by molar-refractivity contribution is 7.99. The Morgan fingerprint density at radius 1 is 0.783 bits per heavy atom. The molecule has 4 aromatic carbocycles. The summed E-state index contributed by atoms with van der Waals surface area (Å²) >= 11 is 1.52. The number of halogens is 1.